The summed E-state index contributed by atoms with van der Waals surface area (Å²) in [7, 11) is 0. The second-order valence-electron chi connectivity index (χ2n) is 5.21. The van der Waals surface area contributed by atoms with Crippen molar-refractivity contribution >= 4 is 0 Å². The summed E-state index contributed by atoms with van der Waals surface area (Å²) < 4.78 is 7.64. The Bertz CT molecular complexity index is 383. The van der Waals surface area contributed by atoms with Crippen LogP contribution in [0.15, 0.2) is 6.20 Å². The Morgan fingerprint density at radius 1 is 1.35 bits per heavy atom. The lowest BCUT2D eigenvalue weighted by atomic mass is 9.97. The van der Waals surface area contributed by atoms with Crippen LogP contribution in [0.25, 0.3) is 0 Å². The summed E-state index contributed by atoms with van der Waals surface area (Å²) in [4.78, 5) is 4.77. The Labute approximate surface area is 102 Å². The zero-order valence-corrected chi connectivity index (χ0v) is 10.1. The molecular formula is C13H20N2O2. The van der Waals surface area contributed by atoms with Gasteiger partial charge in [0.1, 0.15) is 5.82 Å². The van der Waals surface area contributed by atoms with Gasteiger partial charge >= 0.3 is 0 Å². The summed E-state index contributed by atoms with van der Waals surface area (Å²) in [5.74, 6) is 2.20. The first-order valence-corrected chi connectivity index (χ1v) is 6.61. The van der Waals surface area contributed by atoms with Crippen LogP contribution >= 0.6 is 0 Å². The molecule has 3 heterocycles. The van der Waals surface area contributed by atoms with Crippen LogP contribution in [-0.2, 0) is 17.7 Å². The van der Waals surface area contributed by atoms with Crippen LogP contribution < -0.4 is 0 Å². The molecule has 2 aliphatic heterocycles. The Hall–Kier alpha value is -0.870. The van der Waals surface area contributed by atoms with Gasteiger partial charge in [0.25, 0.3) is 0 Å². The van der Waals surface area contributed by atoms with Gasteiger partial charge in [0, 0.05) is 50.8 Å². The average molecular weight is 236 g/mol. The van der Waals surface area contributed by atoms with Crippen LogP contribution in [0.2, 0.25) is 0 Å². The number of hydrogen-bond acceptors (Lipinski definition) is 3. The first-order chi connectivity index (χ1) is 8.36. The van der Waals surface area contributed by atoms with E-state index < -0.39 is 0 Å². The molecule has 1 N–H and O–H groups in total. The van der Waals surface area contributed by atoms with Gasteiger partial charge in [-0.15, -0.1) is 0 Å². The molecule has 3 rings (SSSR count). The third-order valence-corrected chi connectivity index (χ3v) is 4.01. The second kappa shape index (κ2) is 4.78. The van der Waals surface area contributed by atoms with Gasteiger partial charge in [-0.2, -0.15) is 0 Å². The van der Waals surface area contributed by atoms with Crippen molar-refractivity contribution in [1.82, 2.24) is 9.55 Å². The van der Waals surface area contributed by atoms with Crippen molar-refractivity contribution in [3.63, 3.8) is 0 Å². The van der Waals surface area contributed by atoms with E-state index in [4.69, 9.17) is 9.72 Å². The third-order valence-electron chi connectivity index (χ3n) is 4.01. The highest BCUT2D eigenvalue weighted by Crippen LogP contribution is 2.28. The van der Waals surface area contributed by atoms with Crippen molar-refractivity contribution in [2.45, 2.75) is 38.1 Å². The molecule has 0 aliphatic carbocycles. The van der Waals surface area contributed by atoms with Gasteiger partial charge in [-0.05, 0) is 19.3 Å². The van der Waals surface area contributed by atoms with E-state index in [2.05, 4.69) is 10.8 Å². The topological polar surface area (TPSA) is 47.3 Å². The summed E-state index contributed by atoms with van der Waals surface area (Å²) >= 11 is 0. The maximum Gasteiger partial charge on any atom is 0.108 e. The molecule has 1 fully saturated rings. The van der Waals surface area contributed by atoms with Gasteiger partial charge in [0.05, 0.1) is 5.69 Å². The number of aryl methyl sites for hydroxylation is 1. The van der Waals surface area contributed by atoms with Crippen LogP contribution in [0.4, 0.5) is 0 Å². The lowest BCUT2D eigenvalue weighted by Crippen LogP contribution is -2.22. The van der Waals surface area contributed by atoms with Crippen LogP contribution in [-0.4, -0.2) is 34.5 Å². The van der Waals surface area contributed by atoms with E-state index in [0.29, 0.717) is 18.4 Å². The molecule has 4 heteroatoms. The molecule has 0 radical (unpaired) electrons. The van der Waals surface area contributed by atoms with E-state index in [0.717, 1.165) is 45.4 Å². The predicted octanol–water partition coefficient (Wildman–Crippen LogP) is 1.33. The molecule has 0 saturated carbocycles. The minimum Gasteiger partial charge on any atom is -0.396 e. The number of nitrogens with zero attached hydrogens (tertiary/aromatic N) is 2. The highest BCUT2D eigenvalue weighted by molar-refractivity contribution is 5.12. The maximum atomic E-state index is 9.22. The number of fused-ring (bicyclic) bond motifs is 1. The monoisotopic (exact) mass is 236 g/mol. The van der Waals surface area contributed by atoms with E-state index in [1.54, 1.807) is 0 Å². The van der Waals surface area contributed by atoms with Crippen LogP contribution in [0.3, 0.4) is 0 Å². The van der Waals surface area contributed by atoms with Crippen LogP contribution in [0.1, 0.15) is 36.7 Å². The first kappa shape index (κ1) is 11.2. The second-order valence-corrected chi connectivity index (χ2v) is 5.21. The SMILES string of the molecule is OCC1CCc2nc(C3CCOCC3)cn2C1. The van der Waals surface area contributed by atoms with E-state index in [1.165, 1.54) is 11.5 Å². The van der Waals surface area contributed by atoms with Crippen LogP contribution in [0, 0.1) is 5.92 Å². The molecule has 0 bridgehead atoms. The van der Waals surface area contributed by atoms with Gasteiger partial charge < -0.3 is 14.4 Å². The quantitative estimate of drug-likeness (QED) is 0.842. The number of aliphatic hydroxyl groups excluding tert-OH is 1. The Balaban J connectivity index is 1.77. The summed E-state index contributed by atoms with van der Waals surface area (Å²) in [5, 5.41) is 9.22. The highest BCUT2D eigenvalue weighted by atomic mass is 16.5. The molecule has 2 aliphatic rings. The van der Waals surface area contributed by atoms with Crippen molar-refractivity contribution in [3.8, 4) is 0 Å². The molecule has 1 atom stereocenters. The highest BCUT2D eigenvalue weighted by Gasteiger charge is 2.23. The summed E-state index contributed by atoms with van der Waals surface area (Å²) in [6, 6.07) is 0. The van der Waals surface area contributed by atoms with Gasteiger partial charge in [-0.3, -0.25) is 0 Å². The zero-order valence-electron chi connectivity index (χ0n) is 10.1. The Morgan fingerprint density at radius 2 is 2.18 bits per heavy atom. The fourth-order valence-electron chi connectivity index (χ4n) is 2.88. The van der Waals surface area contributed by atoms with Crippen molar-refractivity contribution in [3.05, 3.63) is 17.7 Å². The molecule has 17 heavy (non-hydrogen) atoms. The standard InChI is InChI=1S/C13H20N2O2/c16-9-10-1-2-13-14-12(8-15(13)7-10)11-3-5-17-6-4-11/h8,10-11,16H,1-7,9H2. The fraction of sp³-hybridized carbons (Fsp3) is 0.769. The summed E-state index contributed by atoms with van der Waals surface area (Å²) in [5.41, 5.74) is 1.24. The molecule has 1 aromatic rings. The van der Waals surface area contributed by atoms with E-state index in [-0.39, 0.29) is 0 Å². The van der Waals surface area contributed by atoms with Crippen molar-refractivity contribution in [2.24, 2.45) is 5.92 Å². The number of aromatic nitrogens is 2. The third kappa shape index (κ3) is 2.24. The van der Waals surface area contributed by atoms with E-state index >= 15 is 0 Å². The van der Waals surface area contributed by atoms with Crippen molar-refractivity contribution < 1.29 is 9.84 Å². The minimum absolute atomic E-state index is 0.296. The molecule has 0 amide bonds. The zero-order chi connectivity index (χ0) is 11.7. The van der Waals surface area contributed by atoms with Gasteiger partial charge in [0.2, 0.25) is 0 Å². The number of imidazole rings is 1. The number of ether oxygens (including phenoxy) is 1. The van der Waals surface area contributed by atoms with Gasteiger partial charge in [0.15, 0.2) is 0 Å². The molecule has 4 nitrogen and oxygen atoms in total. The summed E-state index contributed by atoms with van der Waals surface area (Å²) in [6.45, 7) is 2.96. The molecule has 1 unspecified atom stereocenters. The number of aliphatic hydroxyl groups is 1. The molecule has 0 aromatic carbocycles. The van der Waals surface area contributed by atoms with Crippen LogP contribution in [0.5, 0.6) is 0 Å². The largest absolute Gasteiger partial charge is 0.396 e. The van der Waals surface area contributed by atoms with Gasteiger partial charge in [-0.25, -0.2) is 4.98 Å². The van der Waals surface area contributed by atoms with E-state index in [9.17, 15) is 5.11 Å². The smallest absolute Gasteiger partial charge is 0.108 e. The van der Waals surface area contributed by atoms with E-state index in [1.807, 2.05) is 0 Å². The van der Waals surface area contributed by atoms with Crippen molar-refractivity contribution in [1.29, 1.82) is 0 Å². The normalized spacial score (nSPS) is 25.8. The molecule has 1 aromatic heterocycles. The minimum atomic E-state index is 0.296. The maximum absolute atomic E-state index is 9.22. The first-order valence-electron chi connectivity index (χ1n) is 6.61. The Morgan fingerprint density at radius 3 is 2.94 bits per heavy atom. The summed E-state index contributed by atoms with van der Waals surface area (Å²) in [6.07, 6.45) is 6.47. The predicted molar refractivity (Wildman–Crippen MR) is 63.9 cm³/mol. The fourth-order valence-corrected chi connectivity index (χ4v) is 2.88. The lowest BCUT2D eigenvalue weighted by molar-refractivity contribution is 0.0845. The molecule has 0 spiro atoms. The van der Waals surface area contributed by atoms with Crippen molar-refractivity contribution in [2.75, 3.05) is 19.8 Å². The molecule has 1 saturated heterocycles. The van der Waals surface area contributed by atoms with Gasteiger partial charge in [-0.1, -0.05) is 0 Å². The molecule has 94 valence electrons. The molecular weight excluding hydrogens is 216 g/mol. The lowest BCUT2D eigenvalue weighted by Gasteiger charge is -2.21. The number of rotatable bonds is 2. The number of hydrogen-bond donors (Lipinski definition) is 1. The Kier molecular flexibility index (Phi) is 3.16. The average Bonchev–Trinajstić information content (AvgIpc) is 2.82.